The minimum atomic E-state index is -0.901. The second-order valence-corrected chi connectivity index (χ2v) is 8.07. The SMILES string of the molecule is [C-]#[N+]c1ccc2c(c1)[C@@H](Nc1nc3cc([N+](=O)[O-])ccc3s1)[C@H](O)C(C)(C)O2. The van der Waals surface area contributed by atoms with Crippen molar-refractivity contribution in [3.05, 3.63) is 63.5 Å². The van der Waals surface area contributed by atoms with Crippen molar-refractivity contribution in [3.8, 4) is 5.75 Å². The Morgan fingerprint density at radius 1 is 1.36 bits per heavy atom. The summed E-state index contributed by atoms with van der Waals surface area (Å²) >= 11 is 1.34. The molecule has 1 aliphatic rings. The molecule has 142 valence electrons. The summed E-state index contributed by atoms with van der Waals surface area (Å²) in [7, 11) is 0. The van der Waals surface area contributed by atoms with Gasteiger partial charge >= 0.3 is 0 Å². The van der Waals surface area contributed by atoms with E-state index in [1.165, 1.54) is 23.5 Å². The fourth-order valence-electron chi connectivity index (χ4n) is 3.24. The number of ether oxygens (including phenoxy) is 1. The molecule has 0 amide bonds. The molecule has 0 saturated heterocycles. The standard InChI is InChI=1S/C19H16N4O4S/c1-19(2)17(24)16(12-8-10(20-3)4-6-14(12)27-19)22-18-21-13-9-11(23(25)26)5-7-15(13)28-18/h4-9,16-17,24H,1-2H3,(H,21,22)/t16-,17+/m1/s1. The molecular weight excluding hydrogens is 380 g/mol. The number of fused-ring (bicyclic) bond motifs is 2. The Labute approximate surface area is 164 Å². The molecule has 1 aromatic heterocycles. The molecule has 0 radical (unpaired) electrons. The number of aliphatic hydroxyl groups is 1. The van der Waals surface area contributed by atoms with Crippen LogP contribution in [0.25, 0.3) is 15.1 Å². The highest BCUT2D eigenvalue weighted by Crippen LogP contribution is 2.43. The van der Waals surface area contributed by atoms with Crippen molar-refractivity contribution >= 4 is 38.1 Å². The van der Waals surface area contributed by atoms with E-state index in [-0.39, 0.29) is 5.69 Å². The van der Waals surface area contributed by atoms with E-state index in [2.05, 4.69) is 15.1 Å². The highest BCUT2D eigenvalue weighted by Gasteiger charge is 2.43. The van der Waals surface area contributed by atoms with E-state index in [4.69, 9.17) is 11.3 Å². The summed E-state index contributed by atoms with van der Waals surface area (Å²) in [5.74, 6) is 0.594. The third-order valence-corrected chi connectivity index (χ3v) is 5.69. The first-order valence-corrected chi connectivity index (χ1v) is 9.30. The van der Waals surface area contributed by atoms with E-state index in [0.717, 1.165) is 4.70 Å². The first-order chi connectivity index (χ1) is 13.3. The highest BCUT2D eigenvalue weighted by atomic mass is 32.1. The van der Waals surface area contributed by atoms with Crippen LogP contribution in [0.5, 0.6) is 5.75 Å². The van der Waals surface area contributed by atoms with Crippen LogP contribution in [0.2, 0.25) is 0 Å². The van der Waals surface area contributed by atoms with Crippen LogP contribution >= 0.6 is 11.3 Å². The van der Waals surface area contributed by atoms with Gasteiger partial charge in [-0.2, -0.15) is 0 Å². The number of benzene rings is 2. The Hall–Kier alpha value is -3.22. The number of non-ortho nitro benzene ring substituents is 1. The van der Waals surface area contributed by atoms with Crippen molar-refractivity contribution in [2.75, 3.05) is 5.32 Å². The van der Waals surface area contributed by atoms with Crippen LogP contribution in [0.15, 0.2) is 36.4 Å². The van der Waals surface area contributed by atoms with Crippen molar-refractivity contribution in [2.45, 2.75) is 31.6 Å². The average Bonchev–Trinajstić information content (AvgIpc) is 3.06. The van der Waals surface area contributed by atoms with Crippen LogP contribution in [0, 0.1) is 16.7 Å². The van der Waals surface area contributed by atoms with Gasteiger partial charge in [-0.3, -0.25) is 10.1 Å². The highest BCUT2D eigenvalue weighted by molar-refractivity contribution is 7.22. The molecule has 28 heavy (non-hydrogen) atoms. The van der Waals surface area contributed by atoms with Crippen molar-refractivity contribution in [1.82, 2.24) is 4.98 Å². The predicted molar refractivity (Wildman–Crippen MR) is 106 cm³/mol. The molecule has 0 bridgehead atoms. The normalized spacial score (nSPS) is 20.1. The maximum atomic E-state index is 11.0. The molecule has 2 atom stereocenters. The lowest BCUT2D eigenvalue weighted by Gasteiger charge is -2.42. The van der Waals surface area contributed by atoms with Crippen LogP contribution < -0.4 is 10.1 Å². The minimum Gasteiger partial charge on any atom is -0.485 e. The second kappa shape index (κ2) is 6.44. The maximum absolute atomic E-state index is 11.0. The topological polar surface area (TPSA) is 102 Å². The van der Waals surface area contributed by atoms with Gasteiger partial charge in [-0.15, -0.1) is 0 Å². The number of nitro benzene ring substituents is 1. The Morgan fingerprint density at radius 2 is 2.14 bits per heavy atom. The number of thiazole rings is 1. The number of nitrogens with one attached hydrogen (secondary N) is 1. The minimum absolute atomic E-state index is 0.0244. The van der Waals surface area contributed by atoms with Gasteiger partial charge in [-0.25, -0.2) is 9.83 Å². The third kappa shape index (κ3) is 3.02. The molecule has 0 spiro atoms. The fourth-order valence-corrected chi connectivity index (χ4v) is 4.12. The van der Waals surface area contributed by atoms with Crippen molar-refractivity contribution in [2.24, 2.45) is 0 Å². The van der Waals surface area contributed by atoms with E-state index in [9.17, 15) is 15.2 Å². The van der Waals surface area contributed by atoms with Crippen LogP contribution in [0.4, 0.5) is 16.5 Å². The molecule has 0 saturated carbocycles. The number of hydrogen-bond donors (Lipinski definition) is 2. The smallest absolute Gasteiger partial charge is 0.271 e. The number of hydrogen-bond acceptors (Lipinski definition) is 7. The monoisotopic (exact) mass is 396 g/mol. The van der Waals surface area contributed by atoms with E-state index in [1.54, 1.807) is 38.1 Å². The summed E-state index contributed by atoms with van der Waals surface area (Å²) in [5.41, 5.74) is 0.757. The summed E-state index contributed by atoms with van der Waals surface area (Å²) in [6, 6.07) is 9.07. The zero-order valence-electron chi connectivity index (χ0n) is 15.0. The molecule has 2 N–H and O–H groups in total. The molecule has 8 nitrogen and oxygen atoms in total. The van der Waals surface area contributed by atoms with Crippen molar-refractivity contribution in [1.29, 1.82) is 0 Å². The Bertz CT molecular complexity index is 1130. The summed E-state index contributed by atoms with van der Waals surface area (Å²) in [6.45, 7) is 10.8. The lowest BCUT2D eigenvalue weighted by Crippen LogP contribution is -2.50. The average molecular weight is 396 g/mol. The largest absolute Gasteiger partial charge is 0.485 e. The summed E-state index contributed by atoms with van der Waals surface area (Å²) in [4.78, 5) is 18.4. The second-order valence-electron chi connectivity index (χ2n) is 7.03. The van der Waals surface area contributed by atoms with E-state index in [1.807, 2.05) is 0 Å². The number of rotatable bonds is 3. The van der Waals surface area contributed by atoms with Gasteiger partial charge in [0.1, 0.15) is 17.5 Å². The zero-order chi connectivity index (χ0) is 20.1. The van der Waals surface area contributed by atoms with Crippen molar-refractivity contribution < 1.29 is 14.8 Å². The van der Waals surface area contributed by atoms with Gasteiger partial charge in [-0.05, 0) is 32.0 Å². The molecule has 2 heterocycles. The molecule has 9 heteroatoms. The maximum Gasteiger partial charge on any atom is 0.271 e. The van der Waals surface area contributed by atoms with Crippen molar-refractivity contribution in [3.63, 3.8) is 0 Å². The van der Waals surface area contributed by atoms with Gasteiger partial charge in [0.25, 0.3) is 5.69 Å². The van der Waals surface area contributed by atoms with Crippen LogP contribution in [-0.2, 0) is 0 Å². The molecule has 0 unspecified atom stereocenters. The molecule has 1 aliphatic heterocycles. The lowest BCUT2D eigenvalue weighted by atomic mass is 9.86. The zero-order valence-corrected chi connectivity index (χ0v) is 15.9. The van der Waals surface area contributed by atoms with E-state index >= 15 is 0 Å². The van der Waals surface area contributed by atoms with Gasteiger partial charge in [-0.1, -0.05) is 17.4 Å². The lowest BCUT2D eigenvalue weighted by molar-refractivity contribution is -0.384. The van der Waals surface area contributed by atoms with Gasteiger partial charge in [0.05, 0.1) is 27.8 Å². The van der Waals surface area contributed by atoms with E-state index in [0.29, 0.717) is 27.6 Å². The first-order valence-electron chi connectivity index (χ1n) is 8.48. The molecule has 2 aromatic carbocycles. The summed E-state index contributed by atoms with van der Waals surface area (Å²) < 4.78 is 6.71. The van der Waals surface area contributed by atoms with Gasteiger partial charge in [0.2, 0.25) is 0 Å². The van der Waals surface area contributed by atoms with Crippen LogP contribution in [0.3, 0.4) is 0 Å². The third-order valence-electron chi connectivity index (χ3n) is 4.72. The molecular formula is C19H16N4O4S. The molecule has 0 fully saturated rings. The number of nitro groups is 1. The molecule has 0 aliphatic carbocycles. The predicted octanol–water partition coefficient (Wildman–Crippen LogP) is 4.44. The van der Waals surface area contributed by atoms with Gasteiger partial charge in [0, 0.05) is 17.7 Å². The number of anilines is 1. The summed E-state index contributed by atoms with van der Waals surface area (Å²) in [6.07, 6.45) is -0.901. The number of nitrogens with zero attached hydrogens (tertiary/aromatic N) is 3. The van der Waals surface area contributed by atoms with Crippen LogP contribution in [-0.4, -0.2) is 26.7 Å². The Balaban J connectivity index is 1.75. The first kappa shape index (κ1) is 18.2. The number of aliphatic hydroxyl groups excluding tert-OH is 1. The Kier molecular flexibility index (Phi) is 4.18. The molecule has 3 aromatic rings. The summed E-state index contributed by atoms with van der Waals surface area (Å²) in [5, 5.41) is 25.6. The van der Waals surface area contributed by atoms with E-state index < -0.39 is 22.7 Å². The number of aromatic nitrogens is 1. The van der Waals surface area contributed by atoms with Gasteiger partial charge in [0.15, 0.2) is 10.8 Å². The van der Waals surface area contributed by atoms with Gasteiger partial charge < -0.3 is 15.2 Å². The Morgan fingerprint density at radius 3 is 2.86 bits per heavy atom. The van der Waals surface area contributed by atoms with Crippen LogP contribution in [0.1, 0.15) is 25.5 Å². The quantitative estimate of drug-likeness (QED) is 0.385. The molecule has 4 rings (SSSR count). The fraction of sp³-hybridized carbons (Fsp3) is 0.263.